The van der Waals surface area contributed by atoms with Crippen molar-refractivity contribution < 1.29 is 9.90 Å². The Morgan fingerprint density at radius 3 is 2.47 bits per heavy atom. The van der Waals surface area contributed by atoms with E-state index in [9.17, 15) is 4.79 Å². The molecule has 1 rings (SSSR count). The van der Waals surface area contributed by atoms with Gasteiger partial charge in [-0.25, -0.2) is 0 Å². The summed E-state index contributed by atoms with van der Waals surface area (Å²) < 4.78 is 0. The third kappa shape index (κ3) is 3.69. The number of rotatable bonds is 5. The highest BCUT2D eigenvalue weighted by molar-refractivity contribution is 5.78. The molecule has 96 valence electrons. The average Bonchev–Trinajstić information content (AvgIpc) is 2.29. The highest BCUT2D eigenvalue weighted by Gasteiger charge is 2.41. The maximum atomic E-state index is 11.1. The Morgan fingerprint density at radius 2 is 2.06 bits per heavy atom. The van der Waals surface area contributed by atoms with Crippen molar-refractivity contribution in [2.45, 2.75) is 19.3 Å². The number of hydrogen-bond donors (Lipinski definition) is 1. The van der Waals surface area contributed by atoms with E-state index in [0.29, 0.717) is 25.9 Å². The molecule has 0 saturated carbocycles. The number of carboxylic acid groups (broad SMARTS) is 1. The number of likely N-dealkylation sites (tertiary alicyclic amines) is 1. The van der Waals surface area contributed by atoms with E-state index in [4.69, 9.17) is 10.4 Å². The molecule has 5 nitrogen and oxygen atoms in total. The van der Waals surface area contributed by atoms with Crippen LogP contribution in [0.2, 0.25) is 0 Å². The number of carbonyl (C=O) groups is 1. The van der Waals surface area contributed by atoms with Gasteiger partial charge in [0.2, 0.25) is 0 Å². The molecule has 0 spiro atoms. The van der Waals surface area contributed by atoms with Crippen molar-refractivity contribution in [1.82, 2.24) is 9.80 Å². The van der Waals surface area contributed by atoms with Crippen molar-refractivity contribution in [1.29, 1.82) is 5.26 Å². The Labute approximate surface area is 103 Å². The summed E-state index contributed by atoms with van der Waals surface area (Å²) in [4.78, 5) is 15.5. The van der Waals surface area contributed by atoms with E-state index in [1.807, 2.05) is 20.2 Å². The molecule has 5 heteroatoms. The molecule has 1 aliphatic rings. The Balaban J connectivity index is 2.35. The predicted molar refractivity (Wildman–Crippen MR) is 64.5 cm³/mol. The summed E-state index contributed by atoms with van der Waals surface area (Å²) in [6.45, 7) is 3.46. The van der Waals surface area contributed by atoms with Crippen molar-refractivity contribution >= 4 is 5.97 Å². The number of carboxylic acids is 1. The van der Waals surface area contributed by atoms with Gasteiger partial charge in [0.25, 0.3) is 0 Å². The van der Waals surface area contributed by atoms with E-state index < -0.39 is 11.4 Å². The molecule has 0 atom stereocenters. The van der Waals surface area contributed by atoms with Gasteiger partial charge in [0.05, 0.1) is 6.07 Å². The van der Waals surface area contributed by atoms with Crippen molar-refractivity contribution in [2.75, 3.05) is 40.3 Å². The lowest BCUT2D eigenvalue weighted by molar-refractivity contribution is -0.147. The first-order valence-electron chi connectivity index (χ1n) is 6.02. The van der Waals surface area contributed by atoms with Crippen LogP contribution < -0.4 is 0 Å². The molecule has 0 aromatic carbocycles. The number of nitriles is 1. The maximum absolute atomic E-state index is 11.1. The molecule has 1 N–H and O–H groups in total. The summed E-state index contributed by atoms with van der Waals surface area (Å²) >= 11 is 0. The van der Waals surface area contributed by atoms with E-state index in [1.165, 1.54) is 0 Å². The Hall–Kier alpha value is -1.12. The lowest BCUT2D eigenvalue weighted by Crippen LogP contribution is -2.44. The molecule has 0 bridgehead atoms. The minimum Gasteiger partial charge on any atom is -0.480 e. The normalized spacial score (nSPS) is 20.1. The Bertz CT molecular complexity index is 301. The minimum atomic E-state index is -1.14. The second-order valence-electron chi connectivity index (χ2n) is 5.00. The number of aliphatic carboxylic acids is 1. The smallest absolute Gasteiger partial charge is 0.324 e. The first-order valence-corrected chi connectivity index (χ1v) is 6.02. The average molecular weight is 239 g/mol. The van der Waals surface area contributed by atoms with Gasteiger partial charge in [0, 0.05) is 13.1 Å². The van der Waals surface area contributed by atoms with Gasteiger partial charge < -0.3 is 14.9 Å². The van der Waals surface area contributed by atoms with Gasteiger partial charge in [-0.15, -0.1) is 0 Å². The number of nitrogens with zero attached hydrogens (tertiary/aromatic N) is 3. The van der Waals surface area contributed by atoms with Gasteiger partial charge >= 0.3 is 5.97 Å². The van der Waals surface area contributed by atoms with Crippen LogP contribution in [0.5, 0.6) is 0 Å². The first kappa shape index (κ1) is 13.9. The zero-order valence-corrected chi connectivity index (χ0v) is 10.6. The van der Waals surface area contributed by atoms with Gasteiger partial charge in [-0.2, -0.15) is 5.26 Å². The van der Waals surface area contributed by atoms with Crippen LogP contribution >= 0.6 is 0 Å². The fourth-order valence-corrected chi connectivity index (χ4v) is 2.14. The number of piperidine rings is 1. The molecule has 0 amide bonds. The zero-order chi connectivity index (χ0) is 12.9. The van der Waals surface area contributed by atoms with Crippen molar-refractivity contribution in [3.05, 3.63) is 0 Å². The monoisotopic (exact) mass is 239 g/mol. The van der Waals surface area contributed by atoms with Crippen LogP contribution in [0.3, 0.4) is 0 Å². The summed E-state index contributed by atoms with van der Waals surface area (Å²) in [5, 5.41) is 18.1. The van der Waals surface area contributed by atoms with E-state index in [0.717, 1.165) is 19.5 Å². The highest BCUT2D eigenvalue weighted by atomic mass is 16.4. The molecule has 0 aromatic rings. The molecular formula is C12H21N3O2. The van der Waals surface area contributed by atoms with Gasteiger partial charge in [0.1, 0.15) is 0 Å². The van der Waals surface area contributed by atoms with Crippen molar-refractivity contribution in [3.8, 4) is 6.07 Å². The summed E-state index contributed by atoms with van der Waals surface area (Å²) in [6.07, 6.45) is 1.97. The molecule has 1 aliphatic heterocycles. The standard InChI is InChI=1S/C12H21N3O2/c1-14(2)6-3-7-15-8-4-12(10-13,5-9-15)11(16)17/h3-9H2,1-2H3,(H,16,17). The fraction of sp³-hybridized carbons (Fsp3) is 0.833. The van der Waals surface area contributed by atoms with E-state index >= 15 is 0 Å². The molecular weight excluding hydrogens is 218 g/mol. The van der Waals surface area contributed by atoms with Crippen LogP contribution in [-0.4, -0.2) is 61.2 Å². The number of hydrogen-bond acceptors (Lipinski definition) is 4. The van der Waals surface area contributed by atoms with Crippen LogP contribution in [0.15, 0.2) is 0 Å². The SMILES string of the molecule is CN(C)CCCN1CCC(C#N)(C(=O)O)CC1. The lowest BCUT2D eigenvalue weighted by atomic mass is 9.80. The second-order valence-corrected chi connectivity index (χ2v) is 5.00. The molecule has 0 radical (unpaired) electrons. The quantitative estimate of drug-likeness (QED) is 0.762. The largest absolute Gasteiger partial charge is 0.480 e. The molecule has 1 fully saturated rings. The van der Waals surface area contributed by atoms with Crippen LogP contribution in [-0.2, 0) is 4.79 Å². The third-order valence-electron chi connectivity index (χ3n) is 3.41. The molecule has 0 aromatic heterocycles. The van der Waals surface area contributed by atoms with Crippen LogP contribution in [0.25, 0.3) is 0 Å². The zero-order valence-electron chi connectivity index (χ0n) is 10.6. The minimum absolute atomic E-state index is 0.445. The highest BCUT2D eigenvalue weighted by Crippen LogP contribution is 2.30. The topological polar surface area (TPSA) is 67.6 Å². The van der Waals surface area contributed by atoms with E-state index in [1.54, 1.807) is 0 Å². The van der Waals surface area contributed by atoms with E-state index in [2.05, 4.69) is 9.80 Å². The van der Waals surface area contributed by atoms with Gasteiger partial charge in [-0.3, -0.25) is 4.79 Å². The van der Waals surface area contributed by atoms with Crippen LogP contribution in [0, 0.1) is 16.7 Å². The maximum Gasteiger partial charge on any atom is 0.324 e. The molecule has 0 aliphatic carbocycles. The second kappa shape index (κ2) is 5.99. The molecule has 17 heavy (non-hydrogen) atoms. The molecule has 0 unspecified atom stereocenters. The van der Waals surface area contributed by atoms with E-state index in [-0.39, 0.29) is 0 Å². The summed E-state index contributed by atoms with van der Waals surface area (Å²) in [6, 6.07) is 1.98. The van der Waals surface area contributed by atoms with Gasteiger partial charge in [0.15, 0.2) is 5.41 Å². The van der Waals surface area contributed by atoms with Gasteiger partial charge in [-0.1, -0.05) is 0 Å². The predicted octanol–water partition coefficient (Wildman–Crippen LogP) is 0.628. The van der Waals surface area contributed by atoms with Gasteiger partial charge in [-0.05, 0) is 46.4 Å². The molecule has 1 saturated heterocycles. The summed E-state index contributed by atoms with van der Waals surface area (Å²) in [5.74, 6) is -0.965. The lowest BCUT2D eigenvalue weighted by Gasteiger charge is -2.34. The Kier molecular flexibility index (Phi) is 4.91. The summed E-state index contributed by atoms with van der Waals surface area (Å²) in [5.41, 5.74) is -1.14. The third-order valence-corrected chi connectivity index (χ3v) is 3.41. The first-order chi connectivity index (χ1) is 8.00. The molecule has 1 heterocycles. The Morgan fingerprint density at radius 1 is 1.47 bits per heavy atom. The van der Waals surface area contributed by atoms with Crippen molar-refractivity contribution in [3.63, 3.8) is 0 Å². The van der Waals surface area contributed by atoms with Crippen LogP contribution in [0.4, 0.5) is 0 Å². The summed E-state index contributed by atoms with van der Waals surface area (Å²) in [7, 11) is 4.09. The fourth-order valence-electron chi connectivity index (χ4n) is 2.14. The van der Waals surface area contributed by atoms with Crippen LogP contribution in [0.1, 0.15) is 19.3 Å². The van der Waals surface area contributed by atoms with Crippen molar-refractivity contribution in [2.24, 2.45) is 5.41 Å².